The van der Waals surface area contributed by atoms with E-state index in [9.17, 15) is 13.7 Å². The van der Waals surface area contributed by atoms with Gasteiger partial charge in [0.1, 0.15) is 0 Å². The maximum atomic E-state index is 11.7. The molecule has 0 saturated heterocycles. The standard InChI is InChI=1S/C9H11ClO5S2.Na/c1-7-6-8(17(12,13)5-4-10)2-3-9(7)16-15-14-11;/h2-3,6,11H,4-5H2,1H3;/q;+1/p-1. The molecule has 0 aromatic heterocycles. The Hall–Kier alpha value is 0.690. The van der Waals surface area contributed by atoms with Crippen molar-refractivity contribution < 1.29 is 52.6 Å². The van der Waals surface area contributed by atoms with Crippen molar-refractivity contribution >= 4 is 33.5 Å². The average molecular weight is 321 g/mol. The van der Waals surface area contributed by atoms with Gasteiger partial charge in [-0.05, 0) is 30.7 Å². The van der Waals surface area contributed by atoms with Gasteiger partial charge in [0.15, 0.2) is 9.84 Å². The fraction of sp³-hybridized carbons (Fsp3) is 0.333. The predicted octanol–water partition coefficient (Wildman–Crippen LogP) is -1.76. The first-order valence-corrected chi connectivity index (χ1v) is 7.46. The van der Waals surface area contributed by atoms with Gasteiger partial charge in [-0.2, -0.15) is 4.33 Å². The molecule has 5 nitrogen and oxygen atoms in total. The van der Waals surface area contributed by atoms with Crippen LogP contribution in [0, 0.1) is 6.92 Å². The third kappa shape index (κ3) is 5.36. The van der Waals surface area contributed by atoms with Gasteiger partial charge < -0.3 is 5.26 Å². The molecule has 0 bridgehead atoms. The molecule has 18 heavy (non-hydrogen) atoms. The minimum Gasteiger partial charge on any atom is -0.691 e. The second kappa shape index (κ2) is 8.78. The maximum absolute atomic E-state index is 11.7. The van der Waals surface area contributed by atoms with Crippen molar-refractivity contribution in [1.29, 1.82) is 0 Å². The Morgan fingerprint density at radius 3 is 2.61 bits per heavy atom. The normalized spacial score (nSPS) is 11.1. The fourth-order valence-corrected chi connectivity index (χ4v) is 3.27. The van der Waals surface area contributed by atoms with E-state index in [1.807, 2.05) is 0 Å². The number of halogens is 1. The molecular formula is C9H10ClNaO5S2. The van der Waals surface area contributed by atoms with E-state index in [0.717, 1.165) is 12.0 Å². The molecule has 0 spiro atoms. The van der Waals surface area contributed by atoms with Crippen LogP contribution in [-0.4, -0.2) is 20.1 Å². The molecule has 0 radical (unpaired) electrons. The minimum absolute atomic E-state index is 0. The fourth-order valence-electron chi connectivity index (χ4n) is 1.18. The Balaban J connectivity index is 0.00000289. The number of aryl methyl sites for hydroxylation is 1. The van der Waals surface area contributed by atoms with Crippen molar-refractivity contribution in [3.8, 4) is 0 Å². The third-order valence-electron chi connectivity index (χ3n) is 2.00. The molecule has 0 atom stereocenters. The van der Waals surface area contributed by atoms with E-state index in [2.05, 4.69) is 9.37 Å². The van der Waals surface area contributed by atoms with Crippen molar-refractivity contribution in [2.24, 2.45) is 0 Å². The quantitative estimate of drug-likeness (QED) is 0.203. The van der Waals surface area contributed by atoms with Gasteiger partial charge in [0.2, 0.25) is 0 Å². The topological polar surface area (TPSA) is 75.7 Å². The van der Waals surface area contributed by atoms with Crippen LogP contribution >= 0.6 is 23.6 Å². The molecule has 1 rings (SSSR count). The Bertz CT molecular complexity index is 480. The molecule has 0 fully saturated rings. The summed E-state index contributed by atoms with van der Waals surface area (Å²) >= 11 is 6.15. The average Bonchev–Trinajstić information content (AvgIpc) is 2.27. The van der Waals surface area contributed by atoms with Gasteiger partial charge >= 0.3 is 29.6 Å². The van der Waals surface area contributed by atoms with Crippen LogP contribution in [0.25, 0.3) is 0 Å². The molecule has 96 valence electrons. The monoisotopic (exact) mass is 320 g/mol. The number of rotatable bonds is 6. The smallest absolute Gasteiger partial charge is 0.691 e. The summed E-state index contributed by atoms with van der Waals surface area (Å²) in [5.74, 6) is -0.0638. The van der Waals surface area contributed by atoms with Crippen LogP contribution in [-0.2, 0) is 19.2 Å². The van der Waals surface area contributed by atoms with Crippen molar-refractivity contribution in [3.05, 3.63) is 23.8 Å². The molecule has 0 N–H and O–H groups in total. The van der Waals surface area contributed by atoms with Crippen molar-refractivity contribution in [2.45, 2.75) is 16.7 Å². The molecule has 1 aromatic carbocycles. The Morgan fingerprint density at radius 2 is 2.11 bits per heavy atom. The van der Waals surface area contributed by atoms with Crippen molar-refractivity contribution in [1.82, 2.24) is 0 Å². The SMILES string of the molecule is Cc1cc(S(=O)(=O)CCCl)ccc1SOO[O-].[Na+]. The van der Waals surface area contributed by atoms with Gasteiger partial charge in [-0.1, -0.05) is 0 Å². The number of benzene rings is 1. The minimum atomic E-state index is -3.35. The van der Waals surface area contributed by atoms with Crippen LogP contribution in [0.2, 0.25) is 0 Å². The summed E-state index contributed by atoms with van der Waals surface area (Å²) < 4.78 is 27.6. The van der Waals surface area contributed by atoms with Gasteiger partial charge in [0, 0.05) is 10.8 Å². The van der Waals surface area contributed by atoms with Gasteiger partial charge in [-0.3, -0.25) is 5.04 Å². The van der Waals surface area contributed by atoms with E-state index in [4.69, 9.17) is 11.6 Å². The zero-order valence-electron chi connectivity index (χ0n) is 9.88. The second-order valence-electron chi connectivity index (χ2n) is 3.15. The van der Waals surface area contributed by atoms with E-state index < -0.39 is 9.84 Å². The Kier molecular flexibility index (Phi) is 9.12. The first-order chi connectivity index (χ1) is 8.01. The van der Waals surface area contributed by atoms with Gasteiger partial charge in [0.05, 0.1) is 22.7 Å². The van der Waals surface area contributed by atoms with Crippen molar-refractivity contribution in [2.75, 3.05) is 11.6 Å². The molecule has 0 unspecified atom stereocenters. The van der Waals surface area contributed by atoms with Crippen LogP contribution in [0.4, 0.5) is 0 Å². The van der Waals surface area contributed by atoms with Gasteiger partial charge in [-0.15, -0.1) is 11.6 Å². The first kappa shape index (κ1) is 18.7. The van der Waals surface area contributed by atoms with Crippen LogP contribution < -0.4 is 34.8 Å². The zero-order chi connectivity index (χ0) is 12.9. The van der Waals surface area contributed by atoms with E-state index in [0.29, 0.717) is 10.5 Å². The molecule has 9 heteroatoms. The molecule has 0 amide bonds. The Labute approximate surface area is 137 Å². The van der Waals surface area contributed by atoms with E-state index in [-0.39, 0.29) is 46.1 Å². The summed E-state index contributed by atoms with van der Waals surface area (Å²) in [5, 5.41) is 12.9. The first-order valence-electron chi connectivity index (χ1n) is 4.54. The van der Waals surface area contributed by atoms with E-state index in [1.165, 1.54) is 12.1 Å². The number of hydrogen-bond donors (Lipinski definition) is 0. The second-order valence-corrected chi connectivity index (χ2v) is 6.38. The molecule has 0 aliphatic rings. The van der Waals surface area contributed by atoms with E-state index >= 15 is 0 Å². The summed E-state index contributed by atoms with van der Waals surface area (Å²) in [7, 11) is -3.35. The predicted molar refractivity (Wildman–Crippen MR) is 62.0 cm³/mol. The van der Waals surface area contributed by atoms with Gasteiger partial charge in [0.25, 0.3) is 0 Å². The maximum Gasteiger partial charge on any atom is 1.00 e. The Morgan fingerprint density at radius 1 is 1.44 bits per heavy atom. The summed E-state index contributed by atoms with van der Waals surface area (Å²) in [5.41, 5.74) is 0.669. The van der Waals surface area contributed by atoms with Crippen LogP contribution in [0.15, 0.2) is 28.0 Å². The number of hydrogen-bond acceptors (Lipinski definition) is 6. The largest absolute Gasteiger partial charge is 1.00 e. The molecule has 0 aliphatic carbocycles. The molecule has 0 heterocycles. The van der Waals surface area contributed by atoms with Crippen LogP contribution in [0.1, 0.15) is 5.56 Å². The molecule has 0 saturated carbocycles. The third-order valence-corrected chi connectivity index (χ3v) is 4.89. The van der Waals surface area contributed by atoms with Crippen molar-refractivity contribution in [3.63, 3.8) is 0 Å². The molecule has 0 aliphatic heterocycles. The summed E-state index contributed by atoms with van der Waals surface area (Å²) in [6, 6.07) is 4.48. The van der Waals surface area contributed by atoms with E-state index in [1.54, 1.807) is 13.0 Å². The summed E-state index contributed by atoms with van der Waals surface area (Å²) in [4.78, 5) is 0.800. The van der Waals surface area contributed by atoms with Crippen LogP contribution in [0.3, 0.4) is 0 Å². The number of alkyl halides is 1. The number of sulfone groups is 1. The van der Waals surface area contributed by atoms with Crippen LogP contribution in [0.5, 0.6) is 0 Å². The van der Waals surface area contributed by atoms with Gasteiger partial charge in [-0.25, -0.2) is 8.42 Å². The summed E-state index contributed by atoms with van der Waals surface area (Å²) in [6.45, 7) is 1.70. The molecule has 1 aromatic rings. The molecular weight excluding hydrogens is 311 g/mol. The summed E-state index contributed by atoms with van der Waals surface area (Å²) in [6.07, 6.45) is 0. The zero-order valence-corrected chi connectivity index (χ0v) is 14.3.